The molecular formula is C15H23NO3. The molecule has 1 aromatic carbocycles. The van der Waals surface area contributed by atoms with Gasteiger partial charge in [0.15, 0.2) is 0 Å². The van der Waals surface area contributed by atoms with Crippen molar-refractivity contribution in [2.24, 2.45) is 5.92 Å². The first kappa shape index (κ1) is 14.2. The second-order valence-electron chi connectivity index (χ2n) is 5.24. The summed E-state index contributed by atoms with van der Waals surface area (Å²) in [5.74, 6) is 1.35. The van der Waals surface area contributed by atoms with Gasteiger partial charge in [-0.2, -0.15) is 0 Å². The molecule has 0 bridgehead atoms. The fourth-order valence-corrected chi connectivity index (χ4v) is 2.65. The predicted octanol–water partition coefficient (Wildman–Crippen LogP) is 2.04. The van der Waals surface area contributed by atoms with Crippen LogP contribution in [0.4, 0.5) is 0 Å². The fraction of sp³-hybridized carbons (Fsp3) is 0.600. The second-order valence-corrected chi connectivity index (χ2v) is 5.24. The third kappa shape index (κ3) is 3.85. The number of benzene rings is 1. The average molecular weight is 265 g/mol. The van der Waals surface area contributed by atoms with E-state index < -0.39 is 0 Å². The maximum absolute atomic E-state index is 9.89. The summed E-state index contributed by atoms with van der Waals surface area (Å²) < 4.78 is 5.14. The van der Waals surface area contributed by atoms with E-state index in [2.05, 4.69) is 5.32 Å². The molecule has 106 valence electrons. The number of phenols is 1. The SMILES string of the molecule is COc1ccc(O)c(CNCC2CCCCC2O)c1. The van der Waals surface area contributed by atoms with Crippen molar-refractivity contribution in [2.75, 3.05) is 13.7 Å². The number of phenolic OH excluding ortho intramolecular Hbond substituents is 1. The van der Waals surface area contributed by atoms with Crippen LogP contribution in [0.2, 0.25) is 0 Å². The molecule has 4 heteroatoms. The number of aromatic hydroxyl groups is 1. The van der Waals surface area contributed by atoms with Gasteiger partial charge in [-0.1, -0.05) is 12.8 Å². The van der Waals surface area contributed by atoms with Gasteiger partial charge in [0, 0.05) is 18.7 Å². The van der Waals surface area contributed by atoms with Crippen molar-refractivity contribution < 1.29 is 14.9 Å². The standard InChI is InChI=1S/C15H23NO3/c1-19-13-6-7-15(18)12(8-13)10-16-9-11-4-2-3-5-14(11)17/h6-8,11,14,16-18H,2-5,9-10H2,1H3. The maximum Gasteiger partial charge on any atom is 0.120 e. The second kappa shape index (κ2) is 6.78. The number of nitrogens with one attached hydrogen (secondary N) is 1. The minimum Gasteiger partial charge on any atom is -0.508 e. The van der Waals surface area contributed by atoms with Crippen LogP contribution < -0.4 is 10.1 Å². The van der Waals surface area contributed by atoms with Gasteiger partial charge in [-0.25, -0.2) is 0 Å². The first-order valence-electron chi connectivity index (χ1n) is 6.95. The zero-order chi connectivity index (χ0) is 13.7. The molecule has 0 radical (unpaired) electrons. The van der Waals surface area contributed by atoms with E-state index in [4.69, 9.17) is 4.74 Å². The van der Waals surface area contributed by atoms with E-state index in [1.165, 1.54) is 6.42 Å². The molecule has 0 heterocycles. The van der Waals surface area contributed by atoms with Crippen molar-refractivity contribution in [3.05, 3.63) is 23.8 Å². The van der Waals surface area contributed by atoms with Gasteiger partial charge in [-0.15, -0.1) is 0 Å². The highest BCUT2D eigenvalue weighted by Crippen LogP contribution is 2.25. The molecule has 1 fully saturated rings. The number of rotatable bonds is 5. The van der Waals surface area contributed by atoms with E-state index in [1.54, 1.807) is 19.2 Å². The Hall–Kier alpha value is -1.26. The molecule has 2 unspecified atom stereocenters. The quantitative estimate of drug-likeness (QED) is 0.762. The van der Waals surface area contributed by atoms with Gasteiger partial charge in [0.1, 0.15) is 11.5 Å². The Labute approximate surface area is 114 Å². The van der Waals surface area contributed by atoms with E-state index >= 15 is 0 Å². The largest absolute Gasteiger partial charge is 0.508 e. The average Bonchev–Trinajstić information content (AvgIpc) is 2.43. The van der Waals surface area contributed by atoms with Crippen molar-refractivity contribution in [2.45, 2.75) is 38.3 Å². The minimum absolute atomic E-state index is 0.180. The molecule has 0 amide bonds. The molecule has 1 saturated carbocycles. The van der Waals surface area contributed by atoms with Gasteiger partial charge >= 0.3 is 0 Å². The van der Waals surface area contributed by atoms with Crippen molar-refractivity contribution >= 4 is 0 Å². The molecule has 2 rings (SSSR count). The van der Waals surface area contributed by atoms with Crippen molar-refractivity contribution in [3.63, 3.8) is 0 Å². The van der Waals surface area contributed by atoms with Gasteiger partial charge in [0.2, 0.25) is 0 Å². The summed E-state index contributed by atoms with van der Waals surface area (Å²) in [5.41, 5.74) is 0.824. The summed E-state index contributed by atoms with van der Waals surface area (Å²) in [7, 11) is 1.61. The summed E-state index contributed by atoms with van der Waals surface area (Å²) >= 11 is 0. The molecule has 0 aliphatic heterocycles. The van der Waals surface area contributed by atoms with Crippen molar-refractivity contribution in [1.29, 1.82) is 0 Å². The van der Waals surface area contributed by atoms with Gasteiger partial charge in [-0.3, -0.25) is 0 Å². The van der Waals surface area contributed by atoms with E-state index in [0.717, 1.165) is 37.1 Å². The van der Waals surface area contributed by atoms with E-state index in [1.807, 2.05) is 6.07 Å². The Morgan fingerprint density at radius 2 is 2.11 bits per heavy atom. The molecule has 1 aromatic rings. The highest BCUT2D eigenvalue weighted by atomic mass is 16.5. The number of aliphatic hydroxyl groups is 1. The minimum atomic E-state index is -0.180. The number of aliphatic hydroxyl groups excluding tert-OH is 1. The molecule has 0 spiro atoms. The first-order valence-corrected chi connectivity index (χ1v) is 6.95. The Morgan fingerprint density at radius 1 is 1.32 bits per heavy atom. The lowest BCUT2D eigenvalue weighted by Crippen LogP contribution is -2.33. The third-order valence-corrected chi connectivity index (χ3v) is 3.88. The van der Waals surface area contributed by atoms with Gasteiger partial charge in [-0.05, 0) is 37.0 Å². The number of hydrogen-bond donors (Lipinski definition) is 3. The van der Waals surface area contributed by atoms with Crippen LogP contribution >= 0.6 is 0 Å². The fourth-order valence-electron chi connectivity index (χ4n) is 2.65. The molecular weight excluding hydrogens is 242 g/mol. The van der Waals surface area contributed by atoms with Crippen LogP contribution in [0.1, 0.15) is 31.2 Å². The summed E-state index contributed by atoms with van der Waals surface area (Å²) in [6.45, 7) is 1.38. The van der Waals surface area contributed by atoms with E-state index in [0.29, 0.717) is 12.5 Å². The van der Waals surface area contributed by atoms with Crippen LogP contribution in [-0.2, 0) is 6.54 Å². The lowest BCUT2D eigenvalue weighted by atomic mass is 9.86. The number of ether oxygens (including phenoxy) is 1. The Kier molecular flexibility index (Phi) is 5.05. The smallest absolute Gasteiger partial charge is 0.120 e. The van der Waals surface area contributed by atoms with Crippen molar-refractivity contribution in [1.82, 2.24) is 5.32 Å². The van der Waals surface area contributed by atoms with Gasteiger partial charge in [0.05, 0.1) is 13.2 Å². The molecule has 1 aliphatic rings. The summed E-state index contributed by atoms with van der Waals surface area (Å²) in [6, 6.07) is 5.22. The van der Waals surface area contributed by atoms with E-state index in [-0.39, 0.29) is 11.9 Å². The predicted molar refractivity (Wildman–Crippen MR) is 74.3 cm³/mol. The topological polar surface area (TPSA) is 61.7 Å². The summed E-state index contributed by atoms with van der Waals surface area (Å²) in [4.78, 5) is 0. The Morgan fingerprint density at radius 3 is 2.84 bits per heavy atom. The van der Waals surface area contributed by atoms with Gasteiger partial charge < -0.3 is 20.3 Å². The first-order chi connectivity index (χ1) is 9.20. The molecule has 4 nitrogen and oxygen atoms in total. The highest BCUT2D eigenvalue weighted by molar-refractivity contribution is 5.39. The molecule has 19 heavy (non-hydrogen) atoms. The third-order valence-electron chi connectivity index (χ3n) is 3.88. The normalized spacial score (nSPS) is 23.3. The lowest BCUT2D eigenvalue weighted by molar-refractivity contribution is 0.0695. The lowest BCUT2D eigenvalue weighted by Gasteiger charge is -2.27. The van der Waals surface area contributed by atoms with Gasteiger partial charge in [0.25, 0.3) is 0 Å². The zero-order valence-electron chi connectivity index (χ0n) is 11.4. The monoisotopic (exact) mass is 265 g/mol. The van der Waals surface area contributed by atoms with Crippen molar-refractivity contribution in [3.8, 4) is 11.5 Å². The summed E-state index contributed by atoms with van der Waals surface area (Å²) in [6.07, 6.45) is 4.15. The zero-order valence-corrected chi connectivity index (χ0v) is 11.4. The molecule has 2 atom stereocenters. The molecule has 3 N–H and O–H groups in total. The van der Waals surface area contributed by atoms with E-state index in [9.17, 15) is 10.2 Å². The van der Waals surface area contributed by atoms with Crippen LogP contribution in [0.3, 0.4) is 0 Å². The Bertz CT molecular complexity index is 408. The number of hydrogen-bond acceptors (Lipinski definition) is 4. The maximum atomic E-state index is 9.89. The molecule has 1 aliphatic carbocycles. The molecule has 0 aromatic heterocycles. The van der Waals surface area contributed by atoms with Crippen LogP contribution in [0.5, 0.6) is 11.5 Å². The Balaban J connectivity index is 1.84. The summed E-state index contributed by atoms with van der Waals surface area (Å²) in [5, 5.41) is 23.0. The molecule has 0 saturated heterocycles. The highest BCUT2D eigenvalue weighted by Gasteiger charge is 2.22. The van der Waals surface area contributed by atoms with Crippen LogP contribution in [0.15, 0.2) is 18.2 Å². The van der Waals surface area contributed by atoms with Crippen LogP contribution in [0.25, 0.3) is 0 Å². The number of methoxy groups -OCH3 is 1. The van der Waals surface area contributed by atoms with Crippen LogP contribution in [0, 0.1) is 5.92 Å². The van der Waals surface area contributed by atoms with Crippen LogP contribution in [-0.4, -0.2) is 30.0 Å².